The number of allylic oxidation sites excluding steroid dienone is 1. The highest BCUT2D eigenvalue weighted by Gasteiger charge is 1.92. The van der Waals surface area contributed by atoms with Crippen molar-refractivity contribution in [1.82, 2.24) is 10.6 Å². The summed E-state index contributed by atoms with van der Waals surface area (Å²) in [6.45, 7) is 5.87. The topological polar surface area (TPSA) is 50.1 Å². The Labute approximate surface area is 139 Å². The van der Waals surface area contributed by atoms with Crippen molar-refractivity contribution >= 4 is 0 Å². The molecule has 0 heterocycles. The molecule has 0 saturated heterocycles. The molecular formula is C19H41N3. The van der Waals surface area contributed by atoms with Crippen LogP contribution in [0.5, 0.6) is 0 Å². The lowest BCUT2D eigenvalue weighted by atomic mass is 10.1. The maximum atomic E-state index is 5.40. The maximum Gasteiger partial charge on any atom is 0.0266 e. The van der Waals surface area contributed by atoms with Crippen LogP contribution in [0.25, 0.3) is 0 Å². The molecule has 0 aliphatic rings. The molecule has 4 N–H and O–H groups in total. The van der Waals surface area contributed by atoms with Crippen molar-refractivity contribution in [2.45, 2.75) is 84.0 Å². The van der Waals surface area contributed by atoms with Crippen LogP contribution in [0, 0.1) is 0 Å². The Morgan fingerprint density at radius 3 is 1.91 bits per heavy atom. The van der Waals surface area contributed by atoms with Gasteiger partial charge in [-0.15, -0.1) is 0 Å². The van der Waals surface area contributed by atoms with Gasteiger partial charge < -0.3 is 16.4 Å². The number of rotatable bonds is 18. The highest BCUT2D eigenvalue weighted by Crippen LogP contribution is 2.11. The van der Waals surface area contributed by atoms with E-state index in [1.165, 1.54) is 77.0 Å². The molecule has 0 radical (unpaired) electrons. The summed E-state index contributed by atoms with van der Waals surface area (Å²) in [6.07, 6.45) is 21.2. The second-order valence-electron chi connectivity index (χ2n) is 6.22. The number of hydrogen-bond donors (Lipinski definition) is 3. The molecule has 3 heteroatoms. The molecule has 0 bridgehead atoms. The fraction of sp³-hybridized carbons (Fsp3) is 0.895. The van der Waals surface area contributed by atoms with Crippen LogP contribution in [-0.2, 0) is 0 Å². The van der Waals surface area contributed by atoms with Crippen molar-refractivity contribution in [1.29, 1.82) is 0 Å². The molecule has 0 aromatic heterocycles. The summed E-state index contributed by atoms with van der Waals surface area (Å²) < 4.78 is 0. The van der Waals surface area contributed by atoms with Gasteiger partial charge in [0.2, 0.25) is 0 Å². The molecule has 0 rings (SSSR count). The monoisotopic (exact) mass is 311 g/mol. The highest BCUT2D eigenvalue weighted by molar-refractivity contribution is 4.79. The van der Waals surface area contributed by atoms with Gasteiger partial charge in [-0.25, -0.2) is 0 Å². The van der Waals surface area contributed by atoms with Crippen LogP contribution in [0.4, 0.5) is 0 Å². The van der Waals surface area contributed by atoms with Crippen LogP contribution < -0.4 is 16.4 Å². The lowest BCUT2D eigenvalue weighted by Crippen LogP contribution is -2.28. The third-order valence-corrected chi connectivity index (χ3v) is 3.98. The van der Waals surface area contributed by atoms with Gasteiger partial charge in [0.25, 0.3) is 0 Å². The van der Waals surface area contributed by atoms with Gasteiger partial charge in [0.1, 0.15) is 0 Å². The standard InChI is InChI=1S/C19H41N3/c1-2-3-4-5-6-7-8-9-10-11-12-13-14-16-21-18-19-22-17-15-20/h14,16,21-22H,2-13,15,17-20H2,1H3. The average molecular weight is 312 g/mol. The predicted octanol–water partition coefficient (Wildman–Crippen LogP) is 4.34. The third-order valence-electron chi connectivity index (χ3n) is 3.98. The van der Waals surface area contributed by atoms with Crippen LogP contribution in [0.2, 0.25) is 0 Å². The smallest absolute Gasteiger partial charge is 0.0266 e. The molecule has 0 unspecified atom stereocenters. The van der Waals surface area contributed by atoms with Gasteiger partial charge in [0.15, 0.2) is 0 Å². The fourth-order valence-corrected chi connectivity index (χ4v) is 2.56. The Hall–Kier alpha value is -0.540. The number of hydrogen-bond acceptors (Lipinski definition) is 3. The summed E-state index contributed by atoms with van der Waals surface area (Å²) in [4.78, 5) is 0. The number of nitrogens with two attached hydrogens (primary N) is 1. The van der Waals surface area contributed by atoms with Gasteiger partial charge >= 0.3 is 0 Å². The fourth-order valence-electron chi connectivity index (χ4n) is 2.56. The summed E-state index contributed by atoms with van der Waals surface area (Å²) in [5.41, 5.74) is 5.40. The molecule has 0 spiro atoms. The molecule has 0 aromatic rings. The molecule has 0 aromatic carbocycles. The average Bonchev–Trinajstić information content (AvgIpc) is 2.54. The summed E-state index contributed by atoms with van der Waals surface area (Å²) in [5, 5.41) is 6.56. The predicted molar refractivity (Wildman–Crippen MR) is 100 cm³/mol. The van der Waals surface area contributed by atoms with E-state index in [0.29, 0.717) is 6.54 Å². The van der Waals surface area contributed by atoms with Crippen LogP contribution in [-0.4, -0.2) is 26.2 Å². The molecule has 0 fully saturated rings. The maximum absolute atomic E-state index is 5.40. The molecule has 0 saturated carbocycles. The Morgan fingerprint density at radius 2 is 1.32 bits per heavy atom. The van der Waals surface area contributed by atoms with E-state index in [1.54, 1.807) is 0 Å². The molecule has 0 aliphatic heterocycles. The molecule has 22 heavy (non-hydrogen) atoms. The van der Waals surface area contributed by atoms with Crippen LogP contribution in [0.3, 0.4) is 0 Å². The van der Waals surface area contributed by atoms with E-state index in [0.717, 1.165) is 19.6 Å². The van der Waals surface area contributed by atoms with E-state index in [1.807, 2.05) is 0 Å². The van der Waals surface area contributed by atoms with E-state index >= 15 is 0 Å². The van der Waals surface area contributed by atoms with Gasteiger partial charge in [0.05, 0.1) is 0 Å². The van der Waals surface area contributed by atoms with Crippen molar-refractivity contribution in [3.05, 3.63) is 12.3 Å². The number of nitrogens with one attached hydrogen (secondary N) is 2. The first-order valence-corrected chi connectivity index (χ1v) is 9.71. The molecular weight excluding hydrogens is 270 g/mol. The second kappa shape index (κ2) is 20.5. The quantitative estimate of drug-likeness (QED) is 0.330. The second-order valence-corrected chi connectivity index (χ2v) is 6.22. The van der Waals surface area contributed by atoms with Crippen LogP contribution in [0.1, 0.15) is 84.0 Å². The Morgan fingerprint density at radius 1 is 0.727 bits per heavy atom. The van der Waals surface area contributed by atoms with Crippen molar-refractivity contribution < 1.29 is 0 Å². The Bertz CT molecular complexity index is 217. The SMILES string of the molecule is CCCCCCCCCCCCCC=CNCCNCCN. The summed E-state index contributed by atoms with van der Waals surface area (Å²) in [5.74, 6) is 0. The minimum atomic E-state index is 0.717. The molecule has 0 aliphatic carbocycles. The third kappa shape index (κ3) is 19.5. The lowest BCUT2D eigenvalue weighted by molar-refractivity contribution is 0.550. The molecule has 3 nitrogen and oxygen atoms in total. The van der Waals surface area contributed by atoms with E-state index in [-0.39, 0.29) is 0 Å². The largest absolute Gasteiger partial charge is 0.390 e. The van der Waals surface area contributed by atoms with E-state index in [4.69, 9.17) is 5.73 Å². The first-order valence-electron chi connectivity index (χ1n) is 9.71. The van der Waals surface area contributed by atoms with Crippen LogP contribution >= 0.6 is 0 Å². The zero-order valence-electron chi connectivity index (χ0n) is 15.0. The Balaban J connectivity index is 3.01. The Kier molecular flexibility index (Phi) is 20.0. The van der Waals surface area contributed by atoms with Gasteiger partial charge in [0, 0.05) is 26.2 Å². The van der Waals surface area contributed by atoms with E-state index < -0.39 is 0 Å². The van der Waals surface area contributed by atoms with Crippen molar-refractivity contribution in [3.8, 4) is 0 Å². The van der Waals surface area contributed by atoms with Gasteiger partial charge in [-0.05, 0) is 19.0 Å². The minimum absolute atomic E-state index is 0.717. The number of unbranched alkanes of at least 4 members (excludes halogenated alkanes) is 11. The van der Waals surface area contributed by atoms with Crippen molar-refractivity contribution in [2.24, 2.45) is 5.73 Å². The minimum Gasteiger partial charge on any atom is -0.390 e. The lowest BCUT2D eigenvalue weighted by Gasteiger charge is -2.03. The van der Waals surface area contributed by atoms with Gasteiger partial charge in [-0.2, -0.15) is 0 Å². The van der Waals surface area contributed by atoms with Gasteiger partial charge in [-0.3, -0.25) is 0 Å². The zero-order valence-corrected chi connectivity index (χ0v) is 15.0. The van der Waals surface area contributed by atoms with Crippen molar-refractivity contribution in [3.63, 3.8) is 0 Å². The highest BCUT2D eigenvalue weighted by atomic mass is 14.9. The van der Waals surface area contributed by atoms with E-state index in [2.05, 4.69) is 29.8 Å². The van der Waals surface area contributed by atoms with E-state index in [9.17, 15) is 0 Å². The molecule has 0 amide bonds. The summed E-state index contributed by atoms with van der Waals surface area (Å²) >= 11 is 0. The van der Waals surface area contributed by atoms with Crippen molar-refractivity contribution in [2.75, 3.05) is 26.2 Å². The molecule has 132 valence electrons. The summed E-state index contributed by atoms with van der Waals surface area (Å²) in [7, 11) is 0. The zero-order chi connectivity index (χ0) is 16.1. The molecule has 0 atom stereocenters. The first kappa shape index (κ1) is 21.5. The summed E-state index contributed by atoms with van der Waals surface area (Å²) in [6, 6.07) is 0. The van der Waals surface area contributed by atoms with Gasteiger partial charge in [-0.1, -0.05) is 77.2 Å². The normalized spacial score (nSPS) is 11.4. The van der Waals surface area contributed by atoms with Crippen LogP contribution in [0.15, 0.2) is 12.3 Å². The first-order chi connectivity index (χ1) is 10.9.